The zero-order valence-electron chi connectivity index (χ0n) is 15.5. The number of aryl methyl sites for hydroxylation is 2. The molecular formula is C18H19ClN2O6S. The van der Waals surface area contributed by atoms with Crippen molar-refractivity contribution in [1.29, 1.82) is 0 Å². The molecule has 0 fully saturated rings. The number of sulfonamides is 1. The zero-order valence-corrected chi connectivity index (χ0v) is 17.1. The number of ether oxygens (including phenoxy) is 1. The topological polar surface area (TPSA) is 107 Å². The van der Waals surface area contributed by atoms with E-state index in [9.17, 15) is 23.3 Å². The lowest BCUT2D eigenvalue weighted by molar-refractivity contribution is -0.385. The normalized spacial score (nSPS) is 11.1. The van der Waals surface area contributed by atoms with Crippen molar-refractivity contribution in [3.05, 3.63) is 62.7 Å². The average molecular weight is 427 g/mol. The molecule has 2 aromatic carbocycles. The van der Waals surface area contributed by atoms with Gasteiger partial charge in [-0.3, -0.25) is 19.2 Å². The summed E-state index contributed by atoms with van der Waals surface area (Å²) in [5.41, 5.74) is 0.686. The summed E-state index contributed by atoms with van der Waals surface area (Å²) in [4.78, 5) is 22.2. The van der Waals surface area contributed by atoms with E-state index >= 15 is 0 Å². The minimum absolute atomic E-state index is 0.0855. The first-order chi connectivity index (χ1) is 13.1. The summed E-state index contributed by atoms with van der Waals surface area (Å²) in [5, 5.41) is 11.5. The van der Waals surface area contributed by atoms with Crippen LogP contribution in [0.3, 0.4) is 0 Å². The van der Waals surface area contributed by atoms with Crippen LogP contribution >= 0.6 is 11.6 Å². The van der Waals surface area contributed by atoms with Gasteiger partial charge in [0.05, 0.1) is 22.1 Å². The summed E-state index contributed by atoms with van der Waals surface area (Å²) >= 11 is 5.95. The fraction of sp³-hybridized carbons (Fsp3) is 0.278. The maximum absolute atomic E-state index is 13.4. The summed E-state index contributed by atoms with van der Waals surface area (Å²) in [6.07, 6.45) is 0. The Morgan fingerprint density at radius 1 is 1.18 bits per heavy atom. The third-order valence-corrected chi connectivity index (χ3v) is 6.09. The first-order valence-corrected chi connectivity index (χ1v) is 10.1. The quantitative estimate of drug-likeness (QED) is 0.380. The van der Waals surface area contributed by atoms with Crippen LogP contribution in [0.25, 0.3) is 0 Å². The Labute approximate surface area is 167 Å². The van der Waals surface area contributed by atoms with Gasteiger partial charge in [-0.2, -0.15) is 0 Å². The maximum Gasteiger partial charge on any atom is 0.326 e. The molecule has 2 rings (SSSR count). The summed E-state index contributed by atoms with van der Waals surface area (Å²) < 4.78 is 32.5. The molecule has 2 aromatic rings. The van der Waals surface area contributed by atoms with Crippen molar-refractivity contribution in [1.82, 2.24) is 0 Å². The molecule has 0 N–H and O–H groups in total. The lowest BCUT2D eigenvalue weighted by atomic mass is 10.2. The maximum atomic E-state index is 13.4. The standard InChI is InChI=1S/C18H19ClN2O6S/c1-4-27-18(22)11-20(16-8-6-14(19)9-13(16)3)28(25,26)17-10-15(21(23)24)7-5-12(17)2/h5-10H,4,11H2,1-3H3. The molecule has 150 valence electrons. The minimum atomic E-state index is -4.30. The van der Waals surface area contributed by atoms with Gasteiger partial charge in [-0.1, -0.05) is 17.7 Å². The number of nitro benzene ring substituents is 1. The minimum Gasteiger partial charge on any atom is -0.465 e. The Morgan fingerprint density at radius 3 is 2.43 bits per heavy atom. The molecular weight excluding hydrogens is 408 g/mol. The monoisotopic (exact) mass is 426 g/mol. The van der Waals surface area contributed by atoms with E-state index < -0.39 is 27.5 Å². The van der Waals surface area contributed by atoms with Crippen LogP contribution in [0.4, 0.5) is 11.4 Å². The highest BCUT2D eigenvalue weighted by Gasteiger charge is 2.31. The third kappa shape index (κ3) is 4.60. The molecule has 0 saturated heterocycles. The van der Waals surface area contributed by atoms with E-state index in [1.165, 1.54) is 31.2 Å². The fourth-order valence-electron chi connectivity index (χ4n) is 2.62. The molecule has 0 amide bonds. The van der Waals surface area contributed by atoms with E-state index in [2.05, 4.69) is 0 Å². The van der Waals surface area contributed by atoms with Crippen LogP contribution in [-0.2, 0) is 19.6 Å². The molecule has 10 heteroatoms. The molecule has 0 aromatic heterocycles. The number of non-ortho nitro benzene ring substituents is 1. The molecule has 0 aliphatic heterocycles. The van der Waals surface area contributed by atoms with Crippen LogP contribution < -0.4 is 4.31 Å². The van der Waals surface area contributed by atoms with Gasteiger partial charge >= 0.3 is 5.97 Å². The number of hydrogen-bond donors (Lipinski definition) is 0. The van der Waals surface area contributed by atoms with Gasteiger partial charge in [0.25, 0.3) is 15.7 Å². The number of carbonyl (C=O) groups excluding carboxylic acids is 1. The lowest BCUT2D eigenvalue weighted by Crippen LogP contribution is -2.37. The molecule has 28 heavy (non-hydrogen) atoms. The van der Waals surface area contributed by atoms with Gasteiger partial charge in [0.1, 0.15) is 6.54 Å². The molecule has 0 bridgehead atoms. The van der Waals surface area contributed by atoms with E-state index in [1.54, 1.807) is 19.9 Å². The van der Waals surface area contributed by atoms with E-state index in [0.717, 1.165) is 10.4 Å². The van der Waals surface area contributed by atoms with Gasteiger partial charge in [0, 0.05) is 17.2 Å². The van der Waals surface area contributed by atoms with Crippen molar-refractivity contribution in [3.63, 3.8) is 0 Å². The molecule has 0 heterocycles. The van der Waals surface area contributed by atoms with Crippen molar-refractivity contribution < 1.29 is 22.9 Å². The molecule has 0 aliphatic carbocycles. The highest BCUT2D eigenvalue weighted by molar-refractivity contribution is 7.93. The summed E-state index contributed by atoms with van der Waals surface area (Å²) in [6, 6.07) is 8.08. The van der Waals surface area contributed by atoms with Gasteiger partial charge in [0.15, 0.2) is 0 Å². The molecule has 8 nitrogen and oxygen atoms in total. The number of halogens is 1. The van der Waals surface area contributed by atoms with Gasteiger partial charge in [-0.25, -0.2) is 8.42 Å². The van der Waals surface area contributed by atoms with E-state index in [4.69, 9.17) is 16.3 Å². The predicted octanol–water partition coefficient (Wildman–Crippen LogP) is 3.62. The Morgan fingerprint density at radius 2 is 1.86 bits per heavy atom. The number of rotatable bonds is 7. The Kier molecular flexibility index (Phi) is 6.63. The highest BCUT2D eigenvalue weighted by atomic mass is 35.5. The molecule has 0 atom stereocenters. The number of nitrogens with zero attached hydrogens (tertiary/aromatic N) is 2. The first kappa shape index (κ1) is 21.6. The van der Waals surface area contributed by atoms with Gasteiger partial charge in [-0.15, -0.1) is 0 Å². The van der Waals surface area contributed by atoms with Crippen molar-refractivity contribution in [2.45, 2.75) is 25.7 Å². The number of hydrogen-bond acceptors (Lipinski definition) is 6. The van der Waals surface area contributed by atoms with Crippen LogP contribution in [-0.4, -0.2) is 32.5 Å². The Hall–Kier alpha value is -2.65. The van der Waals surface area contributed by atoms with Crippen molar-refractivity contribution >= 4 is 39.0 Å². The number of anilines is 1. The lowest BCUT2D eigenvalue weighted by Gasteiger charge is -2.26. The largest absolute Gasteiger partial charge is 0.465 e. The summed E-state index contributed by atoms with van der Waals surface area (Å²) in [6.45, 7) is 4.28. The predicted molar refractivity (Wildman–Crippen MR) is 105 cm³/mol. The average Bonchev–Trinajstić information content (AvgIpc) is 2.60. The van der Waals surface area contributed by atoms with Gasteiger partial charge in [-0.05, 0) is 50.1 Å². The van der Waals surface area contributed by atoms with E-state index in [1.807, 2.05) is 0 Å². The van der Waals surface area contributed by atoms with Crippen molar-refractivity contribution in [3.8, 4) is 0 Å². The second-order valence-corrected chi connectivity index (χ2v) is 8.22. The van der Waals surface area contributed by atoms with Crippen molar-refractivity contribution in [2.24, 2.45) is 0 Å². The van der Waals surface area contributed by atoms with Crippen molar-refractivity contribution in [2.75, 3.05) is 17.5 Å². The highest BCUT2D eigenvalue weighted by Crippen LogP contribution is 2.31. The summed E-state index contributed by atoms with van der Waals surface area (Å²) in [7, 11) is -4.30. The fourth-order valence-corrected chi connectivity index (χ4v) is 4.57. The Balaban J connectivity index is 2.66. The molecule has 0 aliphatic rings. The zero-order chi connectivity index (χ0) is 21.1. The molecule has 0 unspecified atom stereocenters. The smallest absolute Gasteiger partial charge is 0.326 e. The van der Waals surface area contributed by atoms with E-state index in [-0.39, 0.29) is 22.9 Å². The first-order valence-electron chi connectivity index (χ1n) is 8.27. The second-order valence-electron chi connectivity index (χ2n) is 5.95. The number of carbonyl (C=O) groups is 1. The number of benzene rings is 2. The molecule has 0 saturated carbocycles. The van der Waals surface area contributed by atoms with Crippen LogP contribution in [0.5, 0.6) is 0 Å². The third-order valence-electron chi connectivity index (χ3n) is 3.96. The van der Waals surface area contributed by atoms with Crippen LogP contribution in [0.1, 0.15) is 18.1 Å². The van der Waals surface area contributed by atoms with Gasteiger partial charge < -0.3 is 4.74 Å². The number of esters is 1. The van der Waals surface area contributed by atoms with E-state index in [0.29, 0.717) is 16.1 Å². The second kappa shape index (κ2) is 8.57. The van der Waals surface area contributed by atoms with Crippen LogP contribution in [0.2, 0.25) is 5.02 Å². The summed E-state index contributed by atoms with van der Waals surface area (Å²) in [5.74, 6) is -0.747. The Bertz CT molecular complexity index is 1020. The number of nitro groups is 1. The van der Waals surface area contributed by atoms with Crippen LogP contribution in [0.15, 0.2) is 41.3 Å². The SMILES string of the molecule is CCOC(=O)CN(c1ccc(Cl)cc1C)S(=O)(=O)c1cc([N+](=O)[O-])ccc1C. The van der Waals surface area contributed by atoms with Crippen LogP contribution in [0, 0.1) is 24.0 Å². The molecule has 0 spiro atoms. The molecule has 0 radical (unpaired) electrons. The van der Waals surface area contributed by atoms with Gasteiger partial charge in [0.2, 0.25) is 0 Å².